The molecule has 0 aliphatic rings. The van der Waals surface area contributed by atoms with Gasteiger partial charge in [-0.25, -0.2) is 8.42 Å². The van der Waals surface area contributed by atoms with Crippen molar-refractivity contribution in [3.63, 3.8) is 0 Å². The minimum absolute atomic E-state index is 0.127. The molecular weight excluding hydrogens is 507 g/mol. The number of alkyl halides is 3. The molecule has 196 valence electrons. The highest BCUT2D eigenvalue weighted by molar-refractivity contribution is 7.92. The Bertz CT molecular complexity index is 1390. The Morgan fingerprint density at radius 1 is 0.946 bits per heavy atom. The summed E-state index contributed by atoms with van der Waals surface area (Å²) in [6.45, 7) is 4.45. The van der Waals surface area contributed by atoms with Gasteiger partial charge < -0.3 is 10.6 Å². The van der Waals surface area contributed by atoms with Crippen LogP contribution >= 0.6 is 0 Å². The average molecular weight is 534 g/mol. The van der Waals surface area contributed by atoms with Gasteiger partial charge in [-0.3, -0.25) is 13.9 Å². The molecule has 7 nitrogen and oxygen atoms in total. The van der Waals surface area contributed by atoms with Gasteiger partial charge in [0, 0.05) is 6.04 Å². The lowest BCUT2D eigenvalue weighted by atomic mass is 10.1. The summed E-state index contributed by atoms with van der Waals surface area (Å²) in [5.74, 6) is -1.30. The molecule has 0 radical (unpaired) electrons. The van der Waals surface area contributed by atoms with E-state index in [2.05, 4.69) is 10.6 Å². The standard InChI is InChI=1S/C26H26F3N3O4S/c1-17(2)30-25(34)22-9-4-5-10-23(22)31-24(33)16-32(20-8-6-7-19(15-20)26(27,28)29)37(35,36)21-13-11-18(3)12-14-21/h4-15,17H,16H2,1-3H3,(H,30,34)(H,31,33). The zero-order chi connectivity index (χ0) is 27.4. The average Bonchev–Trinajstić information content (AvgIpc) is 2.82. The number of sulfonamides is 1. The van der Waals surface area contributed by atoms with E-state index < -0.39 is 40.1 Å². The van der Waals surface area contributed by atoms with Crippen molar-refractivity contribution in [2.24, 2.45) is 0 Å². The molecule has 0 atom stereocenters. The van der Waals surface area contributed by atoms with E-state index in [-0.39, 0.29) is 27.9 Å². The van der Waals surface area contributed by atoms with Crippen LogP contribution in [0.1, 0.15) is 35.3 Å². The fourth-order valence-corrected chi connectivity index (χ4v) is 4.85. The van der Waals surface area contributed by atoms with Crippen molar-refractivity contribution in [2.75, 3.05) is 16.2 Å². The van der Waals surface area contributed by atoms with Gasteiger partial charge in [-0.15, -0.1) is 0 Å². The number of benzene rings is 3. The molecule has 0 aliphatic heterocycles. The summed E-state index contributed by atoms with van der Waals surface area (Å²) in [5.41, 5.74) is -0.348. The second kappa shape index (κ2) is 11.0. The molecule has 0 spiro atoms. The second-order valence-corrected chi connectivity index (χ2v) is 10.5. The van der Waals surface area contributed by atoms with Crippen molar-refractivity contribution >= 4 is 33.2 Å². The van der Waals surface area contributed by atoms with Crippen LogP contribution in [0.2, 0.25) is 0 Å². The number of aryl methyl sites for hydroxylation is 1. The molecule has 0 unspecified atom stereocenters. The van der Waals surface area contributed by atoms with Crippen LogP contribution in [-0.4, -0.2) is 32.8 Å². The summed E-state index contributed by atoms with van der Waals surface area (Å²) in [4.78, 5) is 25.4. The van der Waals surface area contributed by atoms with Gasteiger partial charge >= 0.3 is 6.18 Å². The highest BCUT2D eigenvalue weighted by Gasteiger charge is 2.33. The maximum absolute atomic E-state index is 13.5. The molecule has 3 aromatic rings. The SMILES string of the molecule is Cc1ccc(S(=O)(=O)N(CC(=O)Nc2ccccc2C(=O)NC(C)C)c2cccc(C(F)(F)F)c2)cc1. The number of amides is 2. The van der Waals surface area contributed by atoms with Gasteiger partial charge in [0.25, 0.3) is 15.9 Å². The highest BCUT2D eigenvalue weighted by atomic mass is 32.2. The van der Waals surface area contributed by atoms with Gasteiger partial charge in [0.2, 0.25) is 5.91 Å². The molecule has 2 amide bonds. The summed E-state index contributed by atoms with van der Waals surface area (Å²) < 4.78 is 67.7. The fraction of sp³-hybridized carbons (Fsp3) is 0.231. The molecule has 0 fully saturated rings. The minimum atomic E-state index is -4.72. The Morgan fingerprint density at radius 2 is 1.59 bits per heavy atom. The number of anilines is 2. The molecule has 0 aliphatic carbocycles. The van der Waals surface area contributed by atoms with Crippen molar-refractivity contribution in [3.8, 4) is 0 Å². The molecule has 11 heteroatoms. The Kier molecular flexibility index (Phi) is 8.27. The summed E-state index contributed by atoms with van der Waals surface area (Å²) in [6.07, 6.45) is -4.72. The van der Waals surface area contributed by atoms with Crippen molar-refractivity contribution in [3.05, 3.63) is 89.5 Å². The van der Waals surface area contributed by atoms with Crippen LogP contribution < -0.4 is 14.9 Å². The van der Waals surface area contributed by atoms with Gasteiger partial charge in [0.1, 0.15) is 6.54 Å². The van der Waals surface area contributed by atoms with Crippen LogP contribution in [0.5, 0.6) is 0 Å². The predicted octanol–water partition coefficient (Wildman–Crippen LogP) is 4.99. The number of carbonyl (C=O) groups excluding carboxylic acids is 2. The van der Waals surface area contributed by atoms with E-state index in [1.165, 1.54) is 30.3 Å². The van der Waals surface area contributed by atoms with Gasteiger partial charge in [0.05, 0.1) is 27.4 Å². The monoisotopic (exact) mass is 533 g/mol. The number of halogens is 3. The summed E-state index contributed by atoms with van der Waals surface area (Å²) in [5, 5.41) is 5.22. The molecule has 0 saturated heterocycles. The Labute approximate surface area is 213 Å². The molecule has 2 N–H and O–H groups in total. The molecule has 0 bridgehead atoms. The maximum Gasteiger partial charge on any atom is 0.416 e. The molecule has 0 saturated carbocycles. The normalized spacial score (nSPS) is 11.8. The highest BCUT2D eigenvalue weighted by Crippen LogP contribution is 2.33. The molecule has 0 aromatic heterocycles. The first-order chi connectivity index (χ1) is 17.3. The van der Waals surface area contributed by atoms with E-state index in [9.17, 15) is 31.2 Å². The zero-order valence-corrected chi connectivity index (χ0v) is 21.2. The van der Waals surface area contributed by atoms with Crippen LogP contribution in [0.4, 0.5) is 24.5 Å². The van der Waals surface area contributed by atoms with Gasteiger partial charge in [-0.05, 0) is 63.2 Å². The van der Waals surface area contributed by atoms with Gasteiger partial charge in [0.15, 0.2) is 0 Å². The quantitative estimate of drug-likeness (QED) is 0.427. The van der Waals surface area contributed by atoms with Crippen molar-refractivity contribution in [1.82, 2.24) is 5.32 Å². The number of carbonyl (C=O) groups is 2. The molecule has 3 aromatic carbocycles. The first-order valence-electron chi connectivity index (χ1n) is 11.3. The van der Waals surface area contributed by atoms with Gasteiger partial charge in [-0.1, -0.05) is 35.9 Å². The number of hydrogen-bond donors (Lipinski definition) is 2. The van der Waals surface area contributed by atoms with Crippen LogP contribution in [0.25, 0.3) is 0 Å². The van der Waals surface area contributed by atoms with Crippen LogP contribution in [-0.2, 0) is 21.0 Å². The number of hydrogen-bond acceptors (Lipinski definition) is 4. The first kappa shape index (κ1) is 27.7. The first-order valence-corrected chi connectivity index (χ1v) is 12.7. The lowest BCUT2D eigenvalue weighted by Gasteiger charge is -2.25. The Morgan fingerprint density at radius 3 is 2.22 bits per heavy atom. The molecular formula is C26H26F3N3O4S. The number of para-hydroxylation sites is 1. The third-order valence-electron chi connectivity index (χ3n) is 5.22. The number of rotatable bonds is 8. The molecule has 37 heavy (non-hydrogen) atoms. The van der Waals surface area contributed by atoms with Crippen LogP contribution in [0.15, 0.2) is 77.7 Å². The smallest absolute Gasteiger partial charge is 0.350 e. The van der Waals surface area contributed by atoms with E-state index in [0.29, 0.717) is 10.4 Å². The second-order valence-electron chi connectivity index (χ2n) is 8.59. The molecule has 0 heterocycles. The number of nitrogens with one attached hydrogen (secondary N) is 2. The van der Waals surface area contributed by atoms with E-state index in [1.54, 1.807) is 45.0 Å². The summed E-state index contributed by atoms with van der Waals surface area (Å²) in [6, 6.07) is 15.4. The Balaban J connectivity index is 2.00. The third kappa shape index (κ3) is 6.88. The fourth-order valence-electron chi connectivity index (χ4n) is 3.44. The van der Waals surface area contributed by atoms with E-state index in [1.807, 2.05) is 0 Å². The number of nitrogens with zero attached hydrogens (tertiary/aromatic N) is 1. The predicted molar refractivity (Wildman–Crippen MR) is 135 cm³/mol. The van der Waals surface area contributed by atoms with E-state index >= 15 is 0 Å². The largest absolute Gasteiger partial charge is 0.416 e. The van der Waals surface area contributed by atoms with Crippen LogP contribution in [0, 0.1) is 6.92 Å². The van der Waals surface area contributed by atoms with Crippen molar-refractivity contribution in [2.45, 2.75) is 37.9 Å². The minimum Gasteiger partial charge on any atom is -0.350 e. The van der Waals surface area contributed by atoms with Crippen LogP contribution in [0.3, 0.4) is 0 Å². The topological polar surface area (TPSA) is 95.6 Å². The third-order valence-corrected chi connectivity index (χ3v) is 7.01. The molecule has 3 rings (SSSR count). The van der Waals surface area contributed by atoms with E-state index in [4.69, 9.17) is 0 Å². The van der Waals surface area contributed by atoms with Crippen molar-refractivity contribution < 1.29 is 31.2 Å². The van der Waals surface area contributed by atoms with E-state index in [0.717, 1.165) is 17.7 Å². The lowest BCUT2D eigenvalue weighted by Crippen LogP contribution is -2.38. The maximum atomic E-state index is 13.5. The summed E-state index contributed by atoms with van der Waals surface area (Å²) in [7, 11) is -4.44. The van der Waals surface area contributed by atoms with Crippen molar-refractivity contribution in [1.29, 1.82) is 0 Å². The summed E-state index contributed by atoms with van der Waals surface area (Å²) >= 11 is 0. The Hall–Kier alpha value is -3.86. The lowest BCUT2D eigenvalue weighted by molar-refractivity contribution is -0.137. The van der Waals surface area contributed by atoms with Gasteiger partial charge in [-0.2, -0.15) is 13.2 Å². The zero-order valence-electron chi connectivity index (χ0n) is 20.3.